The van der Waals surface area contributed by atoms with Crippen molar-refractivity contribution < 1.29 is 9.53 Å². The molecular weight excluding hydrogens is 318 g/mol. The van der Waals surface area contributed by atoms with Gasteiger partial charge in [-0.3, -0.25) is 9.67 Å². The van der Waals surface area contributed by atoms with E-state index in [1.54, 1.807) is 36.3 Å². The van der Waals surface area contributed by atoms with E-state index < -0.39 is 0 Å². The number of rotatable bonds is 5. The molecule has 0 aliphatic heterocycles. The van der Waals surface area contributed by atoms with Crippen molar-refractivity contribution in [1.29, 1.82) is 0 Å². The summed E-state index contributed by atoms with van der Waals surface area (Å²) in [5.74, 6) is 0.608. The molecule has 0 fully saturated rings. The number of nitrogens with one attached hydrogen (secondary N) is 2. The second kappa shape index (κ2) is 7.48. The Balaban J connectivity index is 1.64. The second-order valence-corrected chi connectivity index (χ2v) is 5.39. The number of methoxy groups -OCH3 is 1. The Bertz CT molecular complexity index is 861. The third-order valence-electron chi connectivity index (χ3n) is 3.72. The first kappa shape index (κ1) is 16.5. The number of carbonyl (C=O) groups excluding carboxylic acids is 1. The molecule has 0 radical (unpaired) electrons. The minimum absolute atomic E-state index is 0.311. The van der Waals surface area contributed by atoms with Gasteiger partial charge in [-0.15, -0.1) is 0 Å². The van der Waals surface area contributed by atoms with Crippen LogP contribution in [-0.2, 0) is 13.6 Å². The molecule has 2 aromatic heterocycles. The molecule has 3 aromatic rings. The summed E-state index contributed by atoms with van der Waals surface area (Å²) in [6.07, 6.45) is 3.48. The highest BCUT2D eigenvalue weighted by atomic mass is 16.5. The van der Waals surface area contributed by atoms with Gasteiger partial charge in [0.15, 0.2) is 0 Å². The number of anilines is 1. The van der Waals surface area contributed by atoms with Gasteiger partial charge in [-0.25, -0.2) is 4.79 Å². The van der Waals surface area contributed by atoms with Crippen LogP contribution in [-0.4, -0.2) is 27.9 Å². The molecule has 2 amide bonds. The third kappa shape index (κ3) is 3.95. The number of carbonyl (C=O) groups is 1. The predicted octanol–water partition coefficient (Wildman–Crippen LogP) is 2.81. The SMILES string of the molecule is COc1ccccc1NC(=O)NCc1cc(-c2cccnc2)nn1C. The van der Waals surface area contributed by atoms with Crippen molar-refractivity contribution in [3.63, 3.8) is 0 Å². The molecular formula is C18H19N5O2. The summed E-state index contributed by atoms with van der Waals surface area (Å²) in [5.41, 5.74) is 3.25. The summed E-state index contributed by atoms with van der Waals surface area (Å²) in [6, 6.07) is 12.7. The Morgan fingerprint density at radius 3 is 2.84 bits per heavy atom. The topological polar surface area (TPSA) is 81.1 Å². The maximum Gasteiger partial charge on any atom is 0.319 e. The Labute approximate surface area is 145 Å². The van der Waals surface area contributed by atoms with Gasteiger partial charge in [-0.05, 0) is 30.3 Å². The molecule has 0 aliphatic rings. The molecule has 25 heavy (non-hydrogen) atoms. The van der Waals surface area contributed by atoms with Crippen LogP contribution in [0.1, 0.15) is 5.69 Å². The van der Waals surface area contributed by atoms with Crippen LogP contribution in [0.3, 0.4) is 0 Å². The molecule has 1 aromatic carbocycles. The summed E-state index contributed by atoms with van der Waals surface area (Å²) in [5, 5.41) is 10.1. The average Bonchev–Trinajstić information content (AvgIpc) is 3.02. The van der Waals surface area contributed by atoms with Gasteiger partial charge in [0.25, 0.3) is 0 Å². The third-order valence-corrected chi connectivity index (χ3v) is 3.72. The number of pyridine rings is 1. The largest absolute Gasteiger partial charge is 0.495 e. The number of ether oxygens (including phenoxy) is 1. The van der Waals surface area contributed by atoms with Crippen LogP contribution in [0.15, 0.2) is 54.9 Å². The van der Waals surface area contributed by atoms with Crippen molar-refractivity contribution in [3.05, 3.63) is 60.6 Å². The first-order chi connectivity index (χ1) is 12.2. The quantitative estimate of drug-likeness (QED) is 0.750. The zero-order valence-electron chi connectivity index (χ0n) is 14.1. The Hall–Kier alpha value is -3.35. The maximum atomic E-state index is 12.1. The molecule has 0 atom stereocenters. The highest BCUT2D eigenvalue weighted by Crippen LogP contribution is 2.22. The van der Waals surface area contributed by atoms with E-state index in [2.05, 4.69) is 20.7 Å². The van der Waals surface area contributed by atoms with Gasteiger partial charge >= 0.3 is 6.03 Å². The maximum absolute atomic E-state index is 12.1. The van der Waals surface area contributed by atoms with E-state index in [9.17, 15) is 4.79 Å². The summed E-state index contributed by atoms with van der Waals surface area (Å²) >= 11 is 0. The van der Waals surface area contributed by atoms with Crippen LogP contribution in [0.5, 0.6) is 5.75 Å². The normalized spacial score (nSPS) is 10.3. The van der Waals surface area contributed by atoms with Crippen LogP contribution < -0.4 is 15.4 Å². The lowest BCUT2D eigenvalue weighted by Crippen LogP contribution is -2.29. The number of hydrogen-bond donors (Lipinski definition) is 2. The van der Waals surface area contributed by atoms with E-state index in [4.69, 9.17) is 4.74 Å². The molecule has 0 aliphatic carbocycles. The molecule has 128 valence electrons. The van der Waals surface area contributed by atoms with E-state index in [0.29, 0.717) is 18.0 Å². The van der Waals surface area contributed by atoms with E-state index in [0.717, 1.165) is 17.0 Å². The Morgan fingerprint density at radius 1 is 1.24 bits per heavy atom. The van der Waals surface area contributed by atoms with E-state index in [-0.39, 0.29) is 6.03 Å². The smallest absolute Gasteiger partial charge is 0.319 e. The fraction of sp³-hybridized carbons (Fsp3) is 0.167. The molecule has 2 heterocycles. The van der Waals surface area contributed by atoms with Gasteiger partial charge in [0.1, 0.15) is 5.75 Å². The summed E-state index contributed by atoms with van der Waals surface area (Å²) < 4.78 is 6.96. The van der Waals surface area contributed by atoms with Crippen LogP contribution in [0.4, 0.5) is 10.5 Å². The minimum Gasteiger partial charge on any atom is -0.495 e. The van der Waals surface area contributed by atoms with Gasteiger partial charge in [0.2, 0.25) is 0 Å². The molecule has 3 rings (SSSR count). The minimum atomic E-state index is -0.311. The molecule has 0 unspecified atom stereocenters. The van der Waals surface area contributed by atoms with Gasteiger partial charge < -0.3 is 15.4 Å². The highest BCUT2D eigenvalue weighted by molar-refractivity contribution is 5.90. The van der Waals surface area contributed by atoms with E-state index in [1.165, 1.54) is 0 Å². The molecule has 7 heteroatoms. The lowest BCUT2D eigenvalue weighted by molar-refractivity contribution is 0.251. The van der Waals surface area contributed by atoms with E-state index >= 15 is 0 Å². The predicted molar refractivity (Wildman–Crippen MR) is 95.3 cm³/mol. The first-order valence-corrected chi connectivity index (χ1v) is 7.78. The summed E-state index contributed by atoms with van der Waals surface area (Å²) in [7, 11) is 3.41. The fourth-order valence-electron chi connectivity index (χ4n) is 2.41. The summed E-state index contributed by atoms with van der Waals surface area (Å²) in [6.45, 7) is 0.352. The van der Waals surface area contributed by atoms with Crippen LogP contribution in [0, 0.1) is 0 Å². The lowest BCUT2D eigenvalue weighted by atomic mass is 10.2. The monoisotopic (exact) mass is 337 g/mol. The second-order valence-electron chi connectivity index (χ2n) is 5.39. The van der Waals surface area contributed by atoms with Crippen molar-refractivity contribution in [1.82, 2.24) is 20.1 Å². The first-order valence-electron chi connectivity index (χ1n) is 7.78. The van der Waals surface area contributed by atoms with Gasteiger partial charge in [-0.1, -0.05) is 12.1 Å². The van der Waals surface area contributed by atoms with Crippen LogP contribution in [0.2, 0.25) is 0 Å². The molecule has 0 saturated carbocycles. The zero-order valence-corrected chi connectivity index (χ0v) is 14.1. The number of urea groups is 1. The van der Waals surface area contributed by atoms with Crippen molar-refractivity contribution in [2.45, 2.75) is 6.54 Å². The Kier molecular flexibility index (Phi) is 4.94. The number of amides is 2. The molecule has 0 bridgehead atoms. The molecule has 0 spiro atoms. The van der Waals surface area contributed by atoms with E-state index in [1.807, 2.05) is 37.4 Å². The Morgan fingerprint density at radius 2 is 2.08 bits per heavy atom. The number of benzene rings is 1. The summed E-state index contributed by atoms with van der Waals surface area (Å²) in [4.78, 5) is 16.2. The van der Waals surface area contributed by atoms with Gasteiger partial charge in [0, 0.05) is 25.0 Å². The van der Waals surface area contributed by atoms with Crippen molar-refractivity contribution in [2.75, 3.05) is 12.4 Å². The lowest BCUT2D eigenvalue weighted by Gasteiger charge is -2.10. The number of aromatic nitrogens is 3. The molecule has 2 N–H and O–H groups in total. The zero-order chi connectivity index (χ0) is 17.6. The molecule has 7 nitrogen and oxygen atoms in total. The average molecular weight is 337 g/mol. The van der Waals surface area contributed by atoms with Gasteiger partial charge in [-0.2, -0.15) is 5.10 Å². The van der Waals surface area contributed by atoms with Crippen LogP contribution in [0.25, 0.3) is 11.3 Å². The van der Waals surface area contributed by atoms with Gasteiger partial charge in [0.05, 0.1) is 30.7 Å². The number of para-hydroxylation sites is 2. The fourth-order valence-corrected chi connectivity index (χ4v) is 2.41. The van der Waals surface area contributed by atoms with Crippen LogP contribution >= 0.6 is 0 Å². The highest BCUT2D eigenvalue weighted by Gasteiger charge is 2.10. The number of nitrogens with zero attached hydrogens (tertiary/aromatic N) is 3. The molecule has 0 saturated heterocycles. The number of hydrogen-bond acceptors (Lipinski definition) is 4. The number of aryl methyl sites for hydroxylation is 1. The standard InChI is InChI=1S/C18H19N5O2/c1-23-14(10-16(22-23)13-6-5-9-19-11-13)12-20-18(24)21-15-7-3-4-8-17(15)25-2/h3-11H,12H2,1-2H3,(H2,20,21,24). The van der Waals surface area contributed by atoms with Crippen molar-refractivity contribution in [2.24, 2.45) is 7.05 Å². The van der Waals surface area contributed by atoms with Crippen molar-refractivity contribution >= 4 is 11.7 Å². The van der Waals surface area contributed by atoms with Crippen molar-refractivity contribution in [3.8, 4) is 17.0 Å².